The molecule has 184 valence electrons. The van der Waals surface area contributed by atoms with E-state index in [0.717, 1.165) is 19.3 Å². The molecule has 0 aliphatic rings. The van der Waals surface area contributed by atoms with Crippen LogP contribution in [0.2, 0.25) is 0 Å². The fraction of sp³-hybridized carbons (Fsp3) is 0.696. The van der Waals surface area contributed by atoms with Gasteiger partial charge in [-0.1, -0.05) is 51.9 Å². The number of benzene rings is 1. The van der Waals surface area contributed by atoms with E-state index in [1.54, 1.807) is 0 Å². The third-order valence-electron chi connectivity index (χ3n) is 5.56. The molecular weight excluding hydrogens is 433 g/mol. The summed E-state index contributed by atoms with van der Waals surface area (Å²) in [5.74, 6) is -12.0. The second-order valence-electron chi connectivity index (χ2n) is 7.81. The molecule has 9 heteroatoms. The summed E-state index contributed by atoms with van der Waals surface area (Å²) < 4.78 is 77.1. The molecule has 0 bridgehead atoms. The number of hydrogen-bond donors (Lipinski definition) is 1. The molecule has 0 fully saturated rings. The molecule has 1 atom stereocenters. The second kappa shape index (κ2) is 14.5. The zero-order chi connectivity index (χ0) is 24.1. The van der Waals surface area contributed by atoms with Crippen LogP contribution in [0.3, 0.4) is 0 Å². The van der Waals surface area contributed by atoms with Crippen LogP contribution in [-0.4, -0.2) is 38.1 Å². The Labute approximate surface area is 186 Å². The lowest BCUT2D eigenvalue weighted by Crippen LogP contribution is -2.42. The number of nitrogens with zero attached hydrogens (tertiary/aromatic N) is 1. The van der Waals surface area contributed by atoms with Gasteiger partial charge >= 0.3 is 0 Å². The minimum absolute atomic E-state index is 0.127. The van der Waals surface area contributed by atoms with E-state index < -0.39 is 40.6 Å². The highest BCUT2D eigenvalue weighted by Crippen LogP contribution is 2.30. The van der Waals surface area contributed by atoms with Gasteiger partial charge in [-0.3, -0.25) is 4.99 Å². The first-order chi connectivity index (χ1) is 15.2. The minimum atomic E-state index is -2.20. The van der Waals surface area contributed by atoms with Crippen LogP contribution in [-0.2, 0) is 9.47 Å². The third-order valence-corrected chi connectivity index (χ3v) is 5.56. The Kier molecular flexibility index (Phi) is 12.9. The van der Waals surface area contributed by atoms with Crippen LogP contribution in [0.5, 0.6) is 0 Å². The summed E-state index contributed by atoms with van der Waals surface area (Å²) in [6.07, 6.45) is 9.67. The predicted octanol–water partition coefficient (Wildman–Crippen LogP) is 6.28. The van der Waals surface area contributed by atoms with Gasteiger partial charge in [0.15, 0.2) is 23.3 Å². The Morgan fingerprint density at radius 1 is 0.781 bits per heavy atom. The van der Waals surface area contributed by atoms with Crippen molar-refractivity contribution in [2.45, 2.75) is 77.1 Å². The number of halogens is 5. The standard InChI is InChI=1S/C23H34F5NO3/c1-4-5-6-7-8-9-12-16(23(30,31-2)32-3)13-10-11-14-29-15-17-18(24)20(26)22(28)21(27)19(17)25/h15-16,30H,4-14H2,1-3H3. The summed E-state index contributed by atoms with van der Waals surface area (Å²) in [4.78, 5) is 3.79. The fourth-order valence-corrected chi connectivity index (χ4v) is 3.58. The summed E-state index contributed by atoms with van der Waals surface area (Å²) >= 11 is 0. The van der Waals surface area contributed by atoms with Gasteiger partial charge < -0.3 is 14.6 Å². The van der Waals surface area contributed by atoms with Crippen LogP contribution in [0.25, 0.3) is 0 Å². The maximum Gasteiger partial charge on any atom is 0.282 e. The molecule has 0 aromatic heterocycles. The van der Waals surface area contributed by atoms with Crippen molar-refractivity contribution in [2.75, 3.05) is 20.8 Å². The Balaban J connectivity index is 2.58. The van der Waals surface area contributed by atoms with E-state index in [1.165, 1.54) is 33.5 Å². The number of ether oxygens (including phenoxy) is 2. The van der Waals surface area contributed by atoms with Gasteiger partial charge in [0, 0.05) is 32.9 Å². The Morgan fingerprint density at radius 2 is 1.25 bits per heavy atom. The van der Waals surface area contributed by atoms with Crippen molar-refractivity contribution in [1.82, 2.24) is 0 Å². The Morgan fingerprint density at radius 3 is 1.78 bits per heavy atom. The Hall–Kier alpha value is -1.58. The van der Waals surface area contributed by atoms with Crippen LogP contribution < -0.4 is 0 Å². The first-order valence-corrected chi connectivity index (χ1v) is 11.1. The van der Waals surface area contributed by atoms with Crippen molar-refractivity contribution in [3.05, 3.63) is 34.6 Å². The van der Waals surface area contributed by atoms with Gasteiger partial charge in [0.2, 0.25) is 5.82 Å². The molecule has 0 radical (unpaired) electrons. The van der Waals surface area contributed by atoms with Gasteiger partial charge in [0.05, 0.1) is 5.56 Å². The number of aliphatic imine (C=N–C) groups is 1. The molecule has 1 aromatic rings. The van der Waals surface area contributed by atoms with Crippen molar-refractivity contribution in [3.8, 4) is 0 Å². The third kappa shape index (κ3) is 8.08. The van der Waals surface area contributed by atoms with Crippen LogP contribution >= 0.6 is 0 Å². The fourth-order valence-electron chi connectivity index (χ4n) is 3.58. The van der Waals surface area contributed by atoms with E-state index in [1.807, 2.05) is 0 Å². The van der Waals surface area contributed by atoms with Crippen LogP contribution in [0.15, 0.2) is 4.99 Å². The first-order valence-electron chi connectivity index (χ1n) is 11.1. The van der Waals surface area contributed by atoms with E-state index in [-0.39, 0.29) is 12.5 Å². The lowest BCUT2D eigenvalue weighted by Gasteiger charge is -2.33. The van der Waals surface area contributed by atoms with E-state index in [4.69, 9.17) is 9.47 Å². The number of methoxy groups -OCH3 is 2. The molecule has 0 spiro atoms. The molecule has 0 aliphatic heterocycles. The van der Waals surface area contributed by atoms with Gasteiger partial charge in [-0.05, 0) is 19.3 Å². The maximum atomic E-state index is 13.6. The monoisotopic (exact) mass is 467 g/mol. The molecule has 0 saturated heterocycles. The molecule has 1 rings (SSSR count). The van der Waals surface area contributed by atoms with Crippen LogP contribution in [0.1, 0.15) is 76.7 Å². The normalized spacial score (nSPS) is 13.3. The average molecular weight is 468 g/mol. The van der Waals surface area contributed by atoms with E-state index >= 15 is 0 Å². The summed E-state index contributed by atoms with van der Waals surface area (Å²) in [5.41, 5.74) is -1.06. The maximum absolute atomic E-state index is 13.6. The van der Waals surface area contributed by atoms with E-state index in [2.05, 4.69) is 11.9 Å². The van der Waals surface area contributed by atoms with Crippen molar-refractivity contribution in [3.63, 3.8) is 0 Å². The highest BCUT2D eigenvalue weighted by molar-refractivity contribution is 5.80. The van der Waals surface area contributed by atoms with Gasteiger partial charge in [-0.15, -0.1) is 0 Å². The second-order valence-corrected chi connectivity index (χ2v) is 7.81. The molecule has 1 unspecified atom stereocenters. The number of rotatable bonds is 16. The molecule has 1 N–H and O–H groups in total. The summed E-state index contributed by atoms with van der Waals surface area (Å²) in [6, 6.07) is 0. The molecule has 32 heavy (non-hydrogen) atoms. The predicted molar refractivity (Wildman–Crippen MR) is 113 cm³/mol. The summed E-state index contributed by atoms with van der Waals surface area (Å²) in [5, 5.41) is 10.6. The van der Waals surface area contributed by atoms with E-state index in [0.29, 0.717) is 31.9 Å². The van der Waals surface area contributed by atoms with Gasteiger partial charge in [0.1, 0.15) is 0 Å². The highest BCUT2D eigenvalue weighted by Gasteiger charge is 2.36. The van der Waals surface area contributed by atoms with Gasteiger partial charge in [0.25, 0.3) is 5.97 Å². The van der Waals surface area contributed by atoms with Gasteiger partial charge in [-0.25, -0.2) is 22.0 Å². The molecule has 4 nitrogen and oxygen atoms in total. The van der Waals surface area contributed by atoms with Gasteiger partial charge in [-0.2, -0.15) is 0 Å². The SMILES string of the molecule is CCCCCCCCC(CCCCN=Cc1c(F)c(F)c(F)c(F)c1F)C(O)(OC)OC. The molecule has 0 aliphatic carbocycles. The van der Waals surface area contributed by atoms with Crippen molar-refractivity contribution < 1.29 is 36.5 Å². The zero-order valence-electron chi connectivity index (χ0n) is 19.0. The first kappa shape index (κ1) is 28.5. The highest BCUT2D eigenvalue weighted by atomic mass is 19.2. The smallest absolute Gasteiger partial charge is 0.282 e. The Bertz CT molecular complexity index is 697. The lowest BCUT2D eigenvalue weighted by atomic mass is 9.92. The minimum Gasteiger partial charge on any atom is -0.343 e. The van der Waals surface area contributed by atoms with Crippen molar-refractivity contribution >= 4 is 6.21 Å². The molecule has 0 saturated carbocycles. The quantitative estimate of drug-likeness (QED) is 0.0778. The molecule has 0 amide bonds. The largest absolute Gasteiger partial charge is 0.343 e. The molecular formula is C23H34F5NO3. The lowest BCUT2D eigenvalue weighted by molar-refractivity contribution is -0.369. The number of aliphatic hydroxyl groups is 1. The summed E-state index contributed by atoms with van der Waals surface area (Å²) in [6.45, 7) is 2.28. The van der Waals surface area contributed by atoms with Crippen molar-refractivity contribution in [2.24, 2.45) is 10.9 Å². The van der Waals surface area contributed by atoms with Crippen molar-refractivity contribution in [1.29, 1.82) is 0 Å². The number of hydrogen-bond acceptors (Lipinski definition) is 4. The zero-order valence-corrected chi connectivity index (χ0v) is 19.0. The van der Waals surface area contributed by atoms with Crippen LogP contribution in [0.4, 0.5) is 22.0 Å². The molecule has 0 heterocycles. The topological polar surface area (TPSA) is 51.1 Å². The summed E-state index contributed by atoms with van der Waals surface area (Å²) in [7, 11) is 2.73. The number of unbranched alkanes of at least 4 members (excludes halogenated alkanes) is 6. The van der Waals surface area contributed by atoms with E-state index in [9.17, 15) is 27.1 Å². The average Bonchev–Trinajstić information content (AvgIpc) is 2.80. The van der Waals surface area contributed by atoms with Crippen LogP contribution in [0, 0.1) is 35.0 Å². The molecule has 1 aromatic carbocycles.